The van der Waals surface area contributed by atoms with E-state index < -0.39 is 0 Å². The number of fused-ring (bicyclic) bond motifs is 1. The zero-order chi connectivity index (χ0) is 10.1. The van der Waals surface area contributed by atoms with Gasteiger partial charge < -0.3 is 9.53 Å². The van der Waals surface area contributed by atoms with Crippen molar-refractivity contribution in [3.8, 4) is 0 Å². The highest BCUT2D eigenvalue weighted by Gasteiger charge is 2.45. The molecule has 0 aromatic carbocycles. The summed E-state index contributed by atoms with van der Waals surface area (Å²) in [6, 6.07) is 0. The van der Waals surface area contributed by atoms with Crippen LogP contribution < -0.4 is 0 Å². The van der Waals surface area contributed by atoms with Gasteiger partial charge in [0.1, 0.15) is 12.4 Å². The summed E-state index contributed by atoms with van der Waals surface area (Å²) in [5, 5.41) is 0. The summed E-state index contributed by atoms with van der Waals surface area (Å²) in [6.07, 6.45) is 5.19. The summed E-state index contributed by atoms with van der Waals surface area (Å²) in [7, 11) is 0. The quantitative estimate of drug-likeness (QED) is 0.497. The molecule has 78 valence electrons. The number of ether oxygens (including phenoxy) is 1. The fourth-order valence-electron chi connectivity index (χ4n) is 3.12. The normalized spacial score (nSPS) is 40.6. The van der Waals surface area contributed by atoms with Crippen molar-refractivity contribution in [1.29, 1.82) is 0 Å². The number of hydrogen-bond donors (Lipinski definition) is 0. The standard InChI is InChI=1S/C11H16O3/c1-7(13)14-11-5-4-9-8(6-12)2-3-10(9)11/h6,8-11H,2-5H2,1H3. The molecule has 0 amide bonds. The highest BCUT2D eigenvalue weighted by molar-refractivity contribution is 5.66. The van der Waals surface area contributed by atoms with Crippen LogP contribution in [0.1, 0.15) is 32.6 Å². The predicted molar refractivity (Wildman–Crippen MR) is 50.6 cm³/mol. The molecule has 2 aliphatic rings. The number of rotatable bonds is 2. The van der Waals surface area contributed by atoms with Gasteiger partial charge in [-0.2, -0.15) is 0 Å². The van der Waals surface area contributed by atoms with Crippen LogP contribution in [0.5, 0.6) is 0 Å². The van der Waals surface area contributed by atoms with Gasteiger partial charge in [-0.05, 0) is 37.5 Å². The van der Waals surface area contributed by atoms with Gasteiger partial charge in [-0.25, -0.2) is 0 Å². The van der Waals surface area contributed by atoms with E-state index in [1.165, 1.54) is 6.92 Å². The smallest absolute Gasteiger partial charge is 0.302 e. The van der Waals surface area contributed by atoms with Gasteiger partial charge in [-0.15, -0.1) is 0 Å². The SMILES string of the molecule is CC(=O)OC1CCC2C(C=O)CCC12. The average Bonchev–Trinajstić information content (AvgIpc) is 2.67. The Morgan fingerprint density at radius 1 is 1.21 bits per heavy atom. The van der Waals surface area contributed by atoms with Crippen LogP contribution in [0.4, 0.5) is 0 Å². The van der Waals surface area contributed by atoms with Gasteiger partial charge in [-0.1, -0.05) is 0 Å². The van der Waals surface area contributed by atoms with E-state index in [4.69, 9.17) is 4.74 Å². The molecule has 3 nitrogen and oxygen atoms in total. The van der Waals surface area contributed by atoms with Gasteiger partial charge in [0.05, 0.1) is 0 Å². The third kappa shape index (κ3) is 1.56. The second kappa shape index (κ2) is 3.71. The number of carbonyl (C=O) groups excluding carboxylic acids is 2. The van der Waals surface area contributed by atoms with Gasteiger partial charge in [0, 0.05) is 12.8 Å². The molecule has 2 saturated carbocycles. The van der Waals surface area contributed by atoms with Crippen LogP contribution in [0.15, 0.2) is 0 Å². The fraction of sp³-hybridized carbons (Fsp3) is 0.818. The lowest BCUT2D eigenvalue weighted by molar-refractivity contribution is -0.148. The number of esters is 1. The monoisotopic (exact) mass is 196 g/mol. The Kier molecular flexibility index (Phi) is 2.57. The molecule has 2 rings (SSSR count). The van der Waals surface area contributed by atoms with Gasteiger partial charge in [0.15, 0.2) is 0 Å². The molecule has 2 fully saturated rings. The van der Waals surface area contributed by atoms with Crippen LogP contribution in [-0.2, 0) is 14.3 Å². The predicted octanol–water partition coefficient (Wildman–Crippen LogP) is 1.55. The molecule has 0 radical (unpaired) electrons. The summed E-state index contributed by atoms with van der Waals surface area (Å²) in [6.45, 7) is 1.46. The van der Waals surface area contributed by atoms with Crippen molar-refractivity contribution in [3.63, 3.8) is 0 Å². The molecule has 0 aliphatic heterocycles. The van der Waals surface area contributed by atoms with E-state index in [9.17, 15) is 9.59 Å². The maximum absolute atomic E-state index is 10.8. The van der Waals surface area contributed by atoms with Crippen LogP contribution in [-0.4, -0.2) is 18.4 Å². The van der Waals surface area contributed by atoms with Gasteiger partial charge >= 0.3 is 5.97 Å². The zero-order valence-corrected chi connectivity index (χ0v) is 8.44. The molecule has 0 saturated heterocycles. The minimum absolute atomic E-state index is 0.0856. The van der Waals surface area contributed by atoms with Crippen LogP contribution >= 0.6 is 0 Å². The van der Waals surface area contributed by atoms with Gasteiger partial charge in [0.25, 0.3) is 0 Å². The number of carbonyl (C=O) groups is 2. The van der Waals surface area contributed by atoms with Crippen LogP contribution in [0.25, 0.3) is 0 Å². The lowest BCUT2D eigenvalue weighted by Crippen LogP contribution is -2.22. The molecule has 0 heterocycles. The van der Waals surface area contributed by atoms with Crippen molar-refractivity contribution in [2.45, 2.75) is 38.7 Å². The first-order chi connectivity index (χ1) is 6.72. The zero-order valence-electron chi connectivity index (χ0n) is 8.44. The highest BCUT2D eigenvalue weighted by Crippen LogP contribution is 2.47. The third-order valence-electron chi connectivity index (χ3n) is 3.69. The fourth-order valence-corrected chi connectivity index (χ4v) is 3.12. The van der Waals surface area contributed by atoms with E-state index in [1.54, 1.807) is 0 Å². The molecule has 0 aromatic heterocycles. The van der Waals surface area contributed by atoms with E-state index in [-0.39, 0.29) is 18.0 Å². The molecule has 14 heavy (non-hydrogen) atoms. The summed E-state index contributed by atoms with van der Waals surface area (Å²) in [4.78, 5) is 21.6. The summed E-state index contributed by atoms with van der Waals surface area (Å²) < 4.78 is 5.26. The van der Waals surface area contributed by atoms with Gasteiger partial charge in [0.2, 0.25) is 0 Å². The molecule has 0 N–H and O–H groups in total. The first kappa shape index (κ1) is 9.69. The third-order valence-corrected chi connectivity index (χ3v) is 3.69. The van der Waals surface area contributed by atoms with Crippen molar-refractivity contribution in [1.82, 2.24) is 0 Å². The summed E-state index contributed by atoms with van der Waals surface area (Å²) in [5.41, 5.74) is 0. The van der Waals surface area contributed by atoms with E-state index in [2.05, 4.69) is 0 Å². The largest absolute Gasteiger partial charge is 0.462 e. The molecule has 0 aromatic rings. The second-order valence-corrected chi connectivity index (χ2v) is 4.43. The van der Waals surface area contributed by atoms with Crippen molar-refractivity contribution in [3.05, 3.63) is 0 Å². The Morgan fingerprint density at radius 2 is 1.93 bits per heavy atom. The van der Waals surface area contributed by atoms with Crippen LogP contribution in [0, 0.1) is 17.8 Å². The number of aldehydes is 1. The van der Waals surface area contributed by atoms with Crippen molar-refractivity contribution in [2.75, 3.05) is 0 Å². The topological polar surface area (TPSA) is 43.4 Å². The Balaban J connectivity index is 2.00. The molecular weight excluding hydrogens is 180 g/mol. The average molecular weight is 196 g/mol. The van der Waals surface area contributed by atoms with Crippen LogP contribution in [0.3, 0.4) is 0 Å². The van der Waals surface area contributed by atoms with E-state index in [0.717, 1.165) is 32.0 Å². The van der Waals surface area contributed by atoms with Crippen molar-refractivity contribution < 1.29 is 14.3 Å². The van der Waals surface area contributed by atoms with E-state index in [1.807, 2.05) is 0 Å². The Bertz CT molecular complexity index is 249. The summed E-state index contributed by atoms with van der Waals surface area (Å²) >= 11 is 0. The van der Waals surface area contributed by atoms with E-state index in [0.29, 0.717) is 11.8 Å². The first-order valence-corrected chi connectivity index (χ1v) is 5.35. The Morgan fingerprint density at radius 3 is 2.57 bits per heavy atom. The molecular formula is C11H16O3. The Hall–Kier alpha value is -0.860. The van der Waals surface area contributed by atoms with Crippen molar-refractivity contribution >= 4 is 12.3 Å². The highest BCUT2D eigenvalue weighted by atomic mass is 16.5. The number of hydrogen-bond acceptors (Lipinski definition) is 3. The lowest BCUT2D eigenvalue weighted by atomic mass is 9.93. The molecule has 0 bridgehead atoms. The van der Waals surface area contributed by atoms with Crippen molar-refractivity contribution in [2.24, 2.45) is 17.8 Å². The second-order valence-electron chi connectivity index (χ2n) is 4.43. The molecule has 3 heteroatoms. The maximum atomic E-state index is 10.8. The molecule has 4 atom stereocenters. The maximum Gasteiger partial charge on any atom is 0.302 e. The van der Waals surface area contributed by atoms with E-state index >= 15 is 0 Å². The molecule has 0 spiro atoms. The molecule has 2 aliphatic carbocycles. The van der Waals surface area contributed by atoms with Gasteiger partial charge in [-0.3, -0.25) is 4.79 Å². The minimum Gasteiger partial charge on any atom is -0.462 e. The van der Waals surface area contributed by atoms with Crippen LogP contribution in [0.2, 0.25) is 0 Å². The minimum atomic E-state index is -0.190. The lowest BCUT2D eigenvalue weighted by Gasteiger charge is -2.18. The first-order valence-electron chi connectivity index (χ1n) is 5.35. The Labute approximate surface area is 83.8 Å². The molecule has 4 unspecified atom stereocenters. The summed E-state index contributed by atoms with van der Waals surface area (Å²) in [5.74, 6) is 0.969.